The first-order valence-corrected chi connectivity index (χ1v) is 8.26. The van der Waals surface area contributed by atoms with Crippen molar-refractivity contribution in [2.75, 3.05) is 5.75 Å². The molecule has 3 nitrogen and oxygen atoms in total. The SMILES string of the molecule is CCC1CCC2NC(CC)CS(=O)(=O)C2C1. The van der Waals surface area contributed by atoms with Gasteiger partial charge in [-0.1, -0.05) is 20.3 Å². The molecule has 1 saturated heterocycles. The van der Waals surface area contributed by atoms with Gasteiger partial charge in [-0.15, -0.1) is 0 Å². The Labute approximate surface area is 98.9 Å². The van der Waals surface area contributed by atoms with E-state index in [4.69, 9.17) is 0 Å². The fourth-order valence-electron chi connectivity index (χ4n) is 3.16. The van der Waals surface area contributed by atoms with Gasteiger partial charge in [0.05, 0.1) is 11.0 Å². The zero-order chi connectivity index (χ0) is 11.8. The maximum absolute atomic E-state index is 12.2. The normalized spacial score (nSPS) is 42.6. The quantitative estimate of drug-likeness (QED) is 0.806. The van der Waals surface area contributed by atoms with Crippen molar-refractivity contribution in [1.82, 2.24) is 5.32 Å². The maximum atomic E-state index is 12.2. The molecular formula is C12H23NO2S. The van der Waals surface area contributed by atoms with Gasteiger partial charge in [0.2, 0.25) is 0 Å². The molecule has 0 aromatic heterocycles. The Balaban J connectivity index is 2.14. The number of rotatable bonds is 2. The summed E-state index contributed by atoms with van der Waals surface area (Å²) in [7, 11) is -2.85. The molecular weight excluding hydrogens is 222 g/mol. The summed E-state index contributed by atoms with van der Waals surface area (Å²) in [4.78, 5) is 0. The van der Waals surface area contributed by atoms with Crippen molar-refractivity contribution in [2.24, 2.45) is 5.92 Å². The van der Waals surface area contributed by atoms with Gasteiger partial charge in [-0.3, -0.25) is 0 Å². The van der Waals surface area contributed by atoms with E-state index in [-0.39, 0.29) is 17.3 Å². The summed E-state index contributed by atoms with van der Waals surface area (Å²) in [6, 6.07) is 0.413. The molecule has 94 valence electrons. The van der Waals surface area contributed by atoms with Gasteiger partial charge in [-0.25, -0.2) is 8.42 Å². The second kappa shape index (κ2) is 4.65. The molecule has 4 heteroatoms. The lowest BCUT2D eigenvalue weighted by atomic mass is 9.83. The molecule has 0 radical (unpaired) electrons. The van der Waals surface area contributed by atoms with E-state index in [1.807, 2.05) is 0 Å². The number of hydrogen-bond donors (Lipinski definition) is 1. The lowest BCUT2D eigenvalue weighted by Gasteiger charge is -2.42. The second-order valence-electron chi connectivity index (χ2n) is 5.33. The van der Waals surface area contributed by atoms with E-state index >= 15 is 0 Å². The zero-order valence-electron chi connectivity index (χ0n) is 10.3. The molecule has 1 heterocycles. The molecule has 1 aliphatic heterocycles. The van der Waals surface area contributed by atoms with Crippen molar-refractivity contribution in [3.63, 3.8) is 0 Å². The third-order valence-electron chi connectivity index (χ3n) is 4.32. The van der Waals surface area contributed by atoms with E-state index in [0.29, 0.717) is 11.7 Å². The van der Waals surface area contributed by atoms with Crippen LogP contribution in [0, 0.1) is 5.92 Å². The molecule has 4 atom stereocenters. The van der Waals surface area contributed by atoms with Gasteiger partial charge >= 0.3 is 0 Å². The predicted molar refractivity (Wildman–Crippen MR) is 66.2 cm³/mol. The van der Waals surface area contributed by atoms with Crippen LogP contribution in [0.2, 0.25) is 0 Å². The highest BCUT2D eigenvalue weighted by Gasteiger charge is 2.43. The largest absolute Gasteiger partial charge is 0.309 e. The molecule has 0 aromatic carbocycles. The van der Waals surface area contributed by atoms with Crippen molar-refractivity contribution >= 4 is 9.84 Å². The minimum absolute atomic E-state index is 0.103. The van der Waals surface area contributed by atoms with E-state index in [9.17, 15) is 8.42 Å². The number of sulfone groups is 1. The van der Waals surface area contributed by atoms with Crippen LogP contribution in [0.25, 0.3) is 0 Å². The van der Waals surface area contributed by atoms with Crippen LogP contribution in [-0.4, -0.2) is 31.5 Å². The van der Waals surface area contributed by atoms with Crippen LogP contribution >= 0.6 is 0 Å². The van der Waals surface area contributed by atoms with Gasteiger partial charge < -0.3 is 5.32 Å². The Morgan fingerprint density at radius 2 is 1.94 bits per heavy atom. The van der Waals surface area contributed by atoms with Crippen molar-refractivity contribution in [3.05, 3.63) is 0 Å². The summed E-state index contributed by atoms with van der Waals surface area (Å²) >= 11 is 0. The molecule has 2 fully saturated rings. The van der Waals surface area contributed by atoms with Crippen LogP contribution in [0.4, 0.5) is 0 Å². The zero-order valence-corrected chi connectivity index (χ0v) is 11.1. The standard InChI is InChI=1S/C12H23NO2S/c1-3-9-5-6-11-12(7-9)16(14,15)8-10(4-2)13-11/h9-13H,3-8H2,1-2H3. The van der Waals surface area contributed by atoms with Crippen molar-refractivity contribution in [3.8, 4) is 0 Å². The van der Waals surface area contributed by atoms with Crippen molar-refractivity contribution in [2.45, 2.75) is 63.3 Å². The fourth-order valence-corrected chi connectivity index (χ4v) is 5.58. The Hall–Kier alpha value is -0.0900. The highest BCUT2D eigenvalue weighted by molar-refractivity contribution is 7.92. The first kappa shape index (κ1) is 12.4. The first-order valence-electron chi connectivity index (χ1n) is 6.54. The first-order chi connectivity index (χ1) is 7.56. The fraction of sp³-hybridized carbons (Fsp3) is 1.00. The van der Waals surface area contributed by atoms with Gasteiger partial charge in [-0.2, -0.15) is 0 Å². The van der Waals surface area contributed by atoms with Gasteiger partial charge in [0.15, 0.2) is 9.84 Å². The monoisotopic (exact) mass is 245 g/mol. The molecule has 1 N–H and O–H groups in total. The Morgan fingerprint density at radius 1 is 1.19 bits per heavy atom. The molecule has 0 amide bonds. The van der Waals surface area contributed by atoms with Gasteiger partial charge in [0.1, 0.15) is 0 Å². The van der Waals surface area contributed by atoms with Gasteiger partial charge in [-0.05, 0) is 31.6 Å². The second-order valence-corrected chi connectivity index (χ2v) is 7.60. The molecule has 2 aliphatic rings. The highest BCUT2D eigenvalue weighted by Crippen LogP contribution is 2.34. The maximum Gasteiger partial charge on any atom is 0.156 e. The van der Waals surface area contributed by atoms with Crippen LogP contribution in [0.5, 0.6) is 0 Å². The number of fused-ring (bicyclic) bond motifs is 1. The average Bonchev–Trinajstić information content (AvgIpc) is 2.27. The summed E-state index contributed by atoms with van der Waals surface area (Å²) in [5, 5.41) is 3.42. The summed E-state index contributed by atoms with van der Waals surface area (Å²) < 4.78 is 24.4. The highest BCUT2D eigenvalue weighted by atomic mass is 32.2. The van der Waals surface area contributed by atoms with Crippen LogP contribution in [0.3, 0.4) is 0 Å². The molecule has 2 rings (SSSR count). The average molecular weight is 245 g/mol. The molecule has 1 aliphatic carbocycles. The summed E-state index contributed by atoms with van der Waals surface area (Å²) in [5.74, 6) is 0.970. The smallest absolute Gasteiger partial charge is 0.156 e. The predicted octanol–water partition coefficient (Wildman–Crippen LogP) is 1.73. The Bertz CT molecular complexity index is 339. The lowest BCUT2D eigenvalue weighted by Crippen LogP contribution is -2.59. The van der Waals surface area contributed by atoms with E-state index in [2.05, 4.69) is 19.2 Å². The van der Waals surface area contributed by atoms with Gasteiger partial charge in [0, 0.05) is 12.1 Å². The minimum Gasteiger partial charge on any atom is -0.309 e. The van der Waals surface area contributed by atoms with Crippen LogP contribution in [0.15, 0.2) is 0 Å². The van der Waals surface area contributed by atoms with E-state index in [1.54, 1.807) is 0 Å². The van der Waals surface area contributed by atoms with E-state index < -0.39 is 9.84 Å². The van der Waals surface area contributed by atoms with E-state index in [1.165, 1.54) is 6.42 Å². The lowest BCUT2D eigenvalue weighted by molar-refractivity contribution is 0.260. The molecule has 0 bridgehead atoms. The van der Waals surface area contributed by atoms with Crippen molar-refractivity contribution in [1.29, 1.82) is 0 Å². The molecule has 0 spiro atoms. The molecule has 4 unspecified atom stereocenters. The topological polar surface area (TPSA) is 46.2 Å². The molecule has 1 saturated carbocycles. The van der Waals surface area contributed by atoms with Crippen LogP contribution < -0.4 is 5.32 Å². The van der Waals surface area contributed by atoms with Gasteiger partial charge in [0.25, 0.3) is 0 Å². The Morgan fingerprint density at radius 3 is 2.56 bits per heavy atom. The molecule has 16 heavy (non-hydrogen) atoms. The van der Waals surface area contributed by atoms with Crippen LogP contribution in [-0.2, 0) is 9.84 Å². The molecule has 0 aromatic rings. The summed E-state index contributed by atoms with van der Waals surface area (Å²) in [5.41, 5.74) is 0. The van der Waals surface area contributed by atoms with Crippen molar-refractivity contribution < 1.29 is 8.42 Å². The Kier molecular flexibility index (Phi) is 3.59. The third-order valence-corrected chi connectivity index (χ3v) is 6.63. The minimum atomic E-state index is -2.85. The third kappa shape index (κ3) is 2.28. The summed E-state index contributed by atoms with van der Waals surface area (Å²) in [6.45, 7) is 4.23. The number of hydrogen-bond acceptors (Lipinski definition) is 3. The summed E-state index contributed by atoms with van der Waals surface area (Å²) in [6.07, 6.45) is 5.15. The van der Waals surface area contributed by atoms with Crippen LogP contribution in [0.1, 0.15) is 46.0 Å². The van der Waals surface area contributed by atoms with E-state index in [0.717, 1.165) is 25.7 Å². The number of nitrogens with one attached hydrogen (secondary N) is 1.